The molecule has 2 rings (SSSR count). The van der Waals surface area contributed by atoms with Gasteiger partial charge in [-0.15, -0.1) is 0 Å². The van der Waals surface area contributed by atoms with Gasteiger partial charge in [-0.3, -0.25) is 0 Å². The molecule has 0 unspecified atom stereocenters. The molecule has 0 aliphatic rings. The Morgan fingerprint density at radius 2 is 2.20 bits per heavy atom. The van der Waals surface area contributed by atoms with Crippen molar-refractivity contribution in [3.05, 3.63) is 41.7 Å². The number of carboxylic acids is 1. The van der Waals surface area contributed by atoms with E-state index in [-0.39, 0.29) is 17.7 Å². The van der Waals surface area contributed by atoms with Crippen LogP contribution in [0.3, 0.4) is 0 Å². The minimum Gasteiger partial charge on any atom is -0.478 e. The largest absolute Gasteiger partial charge is 0.478 e. The van der Waals surface area contributed by atoms with Crippen LogP contribution in [0.15, 0.2) is 30.6 Å². The molecule has 0 aliphatic heterocycles. The Labute approximate surface area is 114 Å². The van der Waals surface area contributed by atoms with Crippen molar-refractivity contribution in [1.29, 1.82) is 0 Å². The number of carbonyl (C=O) groups excluding carboxylic acids is 1. The van der Waals surface area contributed by atoms with Gasteiger partial charge in [0.2, 0.25) is 0 Å². The first-order valence-electron chi connectivity index (χ1n) is 5.88. The Bertz CT molecular complexity index is 663. The van der Waals surface area contributed by atoms with Crippen molar-refractivity contribution in [2.45, 2.75) is 6.92 Å². The number of benzene rings is 1. The quantitative estimate of drug-likeness (QED) is 0.643. The van der Waals surface area contributed by atoms with Crippen LogP contribution < -0.4 is 5.73 Å². The van der Waals surface area contributed by atoms with Crippen LogP contribution in [0.25, 0.3) is 5.69 Å². The van der Waals surface area contributed by atoms with E-state index in [1.165, 1.54) is 29.2 Å². The number of aromatic nitrogens is 2. The molecule has 0 bridgehead atoms. The van der Waals surface area contributed by atoms with Crippen LogP contribution in [0, 0.1) is 0 Å². The molecule has 1 heterocycles. The van der Waals surface area contributed by atoms with Crippen LogP contribution in [0.1, 0.15) is 27.6 Å². The van der Waals surface area contributed by atoms with Gasteiger partial charge in [0, 0.05) is 11.9 Å². The Morgan fingerprint density at radius 3 is 2.85 bits per heavy atom. The number of carboxylic acid groups (broad SMARTS) is 1. The Kier molecular flexibility index (Phi) is 3.69. The third kappa shape index (κ3) is 2.61. The molecular weight excluding hydrogens is 262 g/mol. The maximum Gasteiger partial charge on any atom is 0.341 e. The van der Waals surface area contributed by atoms with Gasteiger partial charge >= 0.3 is 11.9 Å². The summed E-state index contributed by atoms with van der Waals surface area (Å²) in [7, 11) is 0. The highest BCUT2D eigenvalue weighted by Gasteiger charge is 2.15. The lowest BCUT2D eigenvalue weighted by atomic mass is 10.1. The topological polar surface area (TPSA) is 107 Å². The first kappa shape index (κ1) is 13.6. The van der Waals surface area contributed by atoms with Gasteiger partial charge in [-0.05, 0) is 25.1 Å². The lowest BCUT2D eigenvalue weighted by Gasteiger charge is -2.06. The number of nitrogen functional groups attached to an aromatic ring is 1. The molecule has 0 amide bonds. The zero-order valence-electron chi connectivity index (χ0n) is 10.7. The summed E-state index contributed by atoms with van der Waals surface area (Å²) in [5.41, 5.74) is 6.48. The number of aromatic carboxylic acids is 1. The third-order valence-corrected chi connectivity index (χ3v) is 2.59. The fourth-order valence-corrected chi connectivity index (χ4v) is 1.70. The molecule has 0 radical (unpaired) electrons. The summed E-state index contributed by atoms with van der Waals surface area (Å²) in [6.45, 7) is 1.96. The normalized spacial score (nSPS) is 10.2. The van der Waals surface area contributed by atoms with Crippen molar-refractivity contribution < 1.29 is 19.4 Å². The van der Waals surface area contributed by atoms with E-state index in [0.29, 0.717) is 11.4 Å². The van der Waals surface area contributed by atoms with Gasteiger partial charge in [0.25, 0.3) is 0 Å². The smallest absolute Gasteiger partial charge is 0.341 e. The fourth-order valence-electron chi connectivity index (χ4n) is 1.70. The van der Waals surface area contributed by atoms with E-state index in [1.54, 1.807) is 13.0 Å². The molecule has 0 aliphatic carbocycles. The van der Waals surface area contributed by atoms with E-state index in [2.05, 4.69) is 5.10 Å². The molecule has 0 saturated carbocycles. The monoisotopic (exact) mass is 275 g/mol. The van der Waals surface area contributed by atoms with Gasteiger partial charge < -0.3 is 15.6 Å². The number of hydrogen-bond acceptors (Lipinski definition) is 5. The zero-order valence-corrected chi connectivity index (χ0v) is 10.7. The average molecular weight is 275 g/mol. The van der Waals surface area contributed by atoms with Crippen molar-refractivity contribution >= 4 is 17.6 Å². The number of hydrogen-bond donors (Lipinski definition) is 2. The van der Waals surface area contributed by atoms with E-state index >= 15 is 0 Å². The van der Waals surface area contributed by atoms with Crippen LogP contribution >= 0.6 is 0 Å². The lowest BCUT2D eigenvalue weighted by molar-refractivity contribution is 0.0526. The zero-order chi connectivity index (χ0) is 14.7. The second-order valence-electron chi connectivity index (χ2n) is 3.98. The Balaban J connectivity index is 2.42. The van der Waals surface area contributed by atoms with Crippen molar-refractivity contribution in [3.8, 4) is 5.69 Å². The number of nitrogens with zero attached hydrogens (tertiary/aromatic N) is 2. The van der Waals surface area contributed by atoms with E-state index in [1.807, 2.05) is 0 Å². The maximum atomic E-state index is 11.6. The predicted molar refractivity (Wildman–Crippen MR) is 70.9 cm³/mol. The standard InChI is InChI=1S/C13H13N3O4/c1-2-20-13(19)8-6-15-16(7-8)11-4-3-9(14)5-10(11)12(17)18/h3-7H,2,14H2,1H3,(H,17,18). The minimum atomic E-state index is -1.12. The van der Waals surface area contributed by atoms with Crippen molar-refractivity contribution in [2.24, 2.45) is 0 Å². The third-order valence-electron chi connectivity index (χ3n) is 2.59. The molecular formula is C13H13N3O4. The van der Waals surface area contributed by atoms with Crippen LogP contribution in [0.5, 0.6) is 0 Å². The molecule has 1 aromatic heterocycles. The van der Waals surface area contributed by atoms with E-state index in [4.69, 9.17) is 15.6 Å². The Morgan fingerprint density at radius 1 is 1.45 bits per heavy atom. The van der Waals surface area contributed by atoms with E-state index in [9.17, 15) is 9.59 Å². The van der Waals surface area contributed by atoms with Gasteiger partial charge in [-0.25, -0.2) is 14.3 Å². The first-order chi connectivity index (χ1) is 9.52. The van der Waals surface area contributed by atoms with Crippen molar-refractivity contribution in [1.82, 2.24) is 9.78 Å². The second-order valence-corrected chi connectivity index (χ2v) is 3.98. The van der Waals surface area contributed by atoms with E-state index < -0.39 is 11.9 Å². The summed E-state index contributed by atoms with van der Waals surface area (Å²) in [5.74, 6) is -1.63. The molecule has 3 N–H and O–H groups in total. The number of rotatable bonds is 4. The predicted octanol–water partition coefficient (Wildman–Crippen LogP) is 1.33. The summed E-state index contributed by atoms with van der Waals surface area (Å²) < 4.78 is 6.15. The molecule has 104 valence electrons. The van der Waals surface area contributed by atoms with Gasteiger partial charge in [0.1, 0.15) is 0 Å². The molecule has 1 aromatic carbocycles. The van der Waals surface area contributed by atoms with Crippen molar-refractivity contribution in [2.75, 3.05) is 12.3 Å². The van der Waals surface area contributed by atoms with Crippen LogP contribution in [-0.4, -0.2) is 33.4 Å². The van der Waals surface area contributed by atoms with Gasteiger partial charge in [0.15, 0.2) is 0 Å². The molecule has 7 nitrogen and oxygen atoms in total. The van der Waals surface area contributed by atoms with Gasteiger partial charge in [-0.2, -0.15) is 5.10 Å². The summed E-state index contributed by atoms with van der Waals surface area (Å²) in [5, 5.41) is 13.1. The minimum absolute atomic E-state index is 0.00325. The SMILES string of the molecule is CCOC(=O)c1cnn(-c2ccc(N)cc2C(=O)O)c1. The summed E-state index contributed by atoms with van der Waals surface area (Å²) in [6, 6.07) is 4.43. The first-order valence-corrected chi connectivity index (χ1v) is 5.88. The fraction of sp³-hybridized carbons (Fsp3) is 0.154. The van der Waals surface area contributed by atoms with Gasteiger partial charge in [-0.1, -0.05) is 0 Å². The highest BCUT2D eigenvalue weighted by atomic mass is 16.5. The number of esters is 1. The Hall–Kier alpha value is -2.83. The average Bonchev–Trinajstić information content (AvgIpc) is 2.88. The summed E-state index contributed by atoms with van der Waals surface area (Å²) >= 11 is 0. The highest BCUT2D eigenvalue weighted by Crippen LogP contribution is 2.18. The molecule has 0 atom stereocenters. The summed E-state index contributed by atoms with van der Waals surface area (Å²) in [6.07, 6.45) is 2.73. The summed E-state index contributed by atoms with van der Waals surface area (Å²) in [4.78, 5) is 22.8. The molecule has 0 saturated heterocycles. The number of carbonyl (C=O) groups is 2. The van der Waals surface area contributed by atoms with Crippen molar-refractivity contribution in [3.63, 3.8) is 0 Å². The number of ether oxygens (including phenoxy) is 1. The number of nitrogens with two attached hydrogens (primary N) is 1. The van der Waals surface area contributed by atoms with Gasteiger partial charge in [0.05, 0.1) is 29.6 Å². The van der Waals surface area contributed by atoms with Crippen LogP contribution in [0.4, 0.5) is 5.69 Å². The molecule has 7 heteroatoms. The van der Waals surface area contributed by atoms with Crippen LogP contribution in [-0.2, 0) is 4.74 Å². The van der Waals surface area contributed by atoms with Crippen LogP contribution in [0.2, 0.25) is 0 Å². The highest BCUT2D eigenvalue weighted by molar-refractivity contribution is 5.93. The lowest BCUT2D eigenvalue weighted by Crippen LogP contribution is -2.07. The molecule has 0 spiro atoms. The molecule has 2 aromatic rings. The molecule has 0 fully saturated rings. The second kappa shape index (κ2) is 5.43. The number of anilines is 1. The molecule has 20 heavy (non-hydrogen) atoms. The van der Waals surface area contributed by atoms with E-state index in [0.717, 1.165) is 0 Å². The maximum absolute atomic E-state index is 11.6.